The van der Waals surface area contributed by atoms with Crippen molar-refractivity contribution in [3.63, 3.8) is 0 Å². The lowest BCUT2D eigenvalue weighted by molar-refractivity contribution is -0.149. The first-order valence-corrected chi connectivity index (χ1v) is 4.70. The van der Waals surface area contributed by atoms with E-state index in [1.807, 2.05) is 0 Å². The van der Waals surface area contributed by atoms with Crippen LogP contribution in [0.2, 0.25) is 0 Å². The smallest absolute Gasteiger partial charge is 0.316 e. The molecule has 0 saturated heterocycles. The minimum absolute atomic E-state index is 0.112. The zero-order chi connectivity index (χ0) is 10.9. The van der Waals surface area contributed by atoms with Gasteiger partial charge in [-0.15, -0.1) is 0 Å². The molecule has 0 radical (unpaired) electrons. The lowest BCUT2D eigenvalue weighted by Crippen LogP contribution is -2.29. The third kappa shape index (κ3) is 2.48. The molecular formula is C9H9BrF3N. The van der Waals surface area contributed by atoms with Crippen LogP contribution in [0, 0.1) is 6.92 Å². The van der Waals surface area contributed by atoms with Crippen LogP contribution in [0.15, 0.2) is 22.7 Å². The number of alkyl halides is 3. The standard InChI is InChI=1S/C9H9BrF3N/c1-5-4-6(10)2-3-7(5)8(14)9(11,12)13/h2-4,8H,14H2,1H3/t8-/m1/s1. The highest BCUT2D eigenvalue weighted by Crippen LogP contribution is 2.32. The van der Waals surface area contributed by atoms with Crippen LogP contribution >= 0.6 is 15.9 Å². The molecule has 1 atom stereocenters. The van der Waals surface area contributed by atoms with Gasteiger partial charge in [-0.1, -0.05) is 22.0 Å². The molecule has 2 N–H and O–H groups in total. The first-order valence-electron chi connectivity index (χ1n) is 3.90. The van der Waals surface area contributed by atoms with Gasteiger partial charge in [0.15, 0.2) is 0 Å². The Morgan fingerprint density at radius 2 is 1.93 bits per heavy atom. The van der Waals surface area contributed by atoms with Gasteiger partial charge in [0.25, 0.3) is 0 Å². The maximum Gasteiger partial charge on any atom is 0.407 e. The van der Waals surface area contributed by atoms with Crippen molar-refractivity contribution >= 4 is 15.9 Å². The molecule has 0 saturated carbocycles. The summed E-state index contributed by atoms with van der Waals surface area (Å²) >= 11 is 3.17. The SMILES string of the molecule is Cc1cc(Br)ccc1[C@@H](N)C(F)(F)F. The zero-order valence-electron chi connectivity index (χ0n) is 7.40. The van der Waals surface area contributed by atoms with Crippen LogP contribution in [0.1, 0.15) is 17.2 Å². The van der Waals surface area contributed by atoms with Crippen molar-refractivity contribution in [1.82, 2.24) is 0 Å². The second-order valence-corrected chi connectivity index (χ2v) is 3.94. The summed E-state index contributed by atoms with van der Waals surface area (Å²) in [6.07, 6.45) is -4.39. The highest BCUT2D eigenvalue weighted by molar-refractivity contribution is 9.10. The number of nitrogens with two attached hydrogens (primary N) is 1. The summed E-state index contributed by atoms with van der Waals surface area (Å²) in [5.41, 5.74) is 5.73. The van der Waals surface area contributed by atoms with E-state index in [9.17, 15) is 13.2 Å². The van der Waals surface area contributed by atoms with Crippen molar-refractivity contribution in [1.29, 1.82) is 0 Å². The molecule has 0 spiro atoms. The van der Waals surface area contributed by atoms with Crippen molar-refractivity contribution < 1.29 is 13.2 Å². The predicted octanol–water partition coefficient (Wildman–Crippen LogP) is 3.32. The second kappa shape index (κ2) is 3.90. The Morgan fingerprint density at radius 1 is 1.36 bits per heavy atom. The van der Waals surface area contributed by atoms with Crippen LogP contribution in [0.3, 0.4) is 0 Å². The van der Waals surface area contributed by atoms with E-state index in [4.69, 9.17) is 5.73 Å². The van der Waals surface area contributed by atoms with Gasteiger partial charge in [0.05, 0.1) is 0 Å². The van der Waals surface area contributed by atoms with Gasteiger partial charge >= 0.3 is 6.18 Å². The van der Waals surface area contributed by atoms with Gasteiger partial charge in [-0.3, -0.25) is 0 Å². The van der Waals surface area contributed by atoms with Crippen LogP contribution in [0.5, 0.6) is 0 Å². The Bertz CT molecular complexity index is 335. The first kappa shape index (κ1) is 11.5. The fourth-order valence-corrected chi connectivity index (χ4v) is 1.64. The van der Waals surface area contributed by atoms with E-state index in [1.165, 1.54) is 6.07 Å². The van der Waals surface area contributed by atoms with Gasteiger partial charge in [0.1, 0.15) is 6.04 Å². The summed E-state index contributed by atoms with van der Waals surface area (Å²) in [5.74, 6) is 0. The summed E-state index contributed by atoms with van der Waals surface area (Å²) in [7, 11) is 0. The van der Waals surface area contributed by atoms with Crippen molar-refractivity contribution in [2.45, 2.75) is 19.1 Å². The van der Waals surface area contributed by atoms with E-state index in [-0.39, 0.29) is 5.56 Å². The Morgan fingerprint density at radius 3 is 2.36 bits per heavy atom. The van der Waals surface area contributed by atoms with Crippen LogP contribution in [-0.2, 0) is 0 Å². The van der Waals surface area contributed by atoms with E-state index in [0.29, 0.717) is 5.56 Å². The fourth-order valence-electron chi connectivity index (χ4n) is 1.16. The Hall–Kier alpha value is -0.550. The number of hydrogen-bond donors (Lipinski definition) is 1. The normalized spacial score (nSPS) is 14.1. The zero-order valence-corrected chi connectivity index (χ0v) is 8.98. The molecule has 1 rings (SSSR count). The fraction of sp³-hybridized carbons (Fsp3) is 0.333. The summed E-state index contributed by atoms with van der Waals surface area (Å²) < 4.78 is 37.6. The van der Waals surface area contributed by atoms with E-state index in [0.717, 1.165) is 4.47 Å². The van der Waals surface area contributed by atoms with Crippen molar-refractivity contribution in [3.8, 4) is 0 Å². The summed E-state index contributed by atoms with van der Waals surface area (Å²) in [4.78, 5) is 0. The molecule has 78 valence electrons. The third-order valence-corrected chi connectivity index (χ3v) is 2.41. The highest BCUT2D eigenvalue weighted by Gasteiger charge is 2.38. The first-order chi connectivity index (χ1) is 6.32. The van der Waals surface area contributed by atoms with Crippen molar-refractivity contribution in [2.24, 2.45) is 5.73 Å². The van der Waals surface area contributed by atoms with Crippen LogP contribution in [0.25, 0.3) is 0 Å². The molecule has 14 heavy (non-hydrogen) atoms. The van der Waals surface area contributed by atoms with Gasteiger partial charge in [-0.25, -0.2) is 0 Å². The molecule has 0 fully saturated rings. The Balaban J connectivity index is 3.08. The lowest BCUT2D eigenvalue weighted by Gasteiger charge is -2.17. The molecule has 1 nitrogen and oxygen atoms in total. The monoisotopic (exact) mass is 267 g/mol. The maximum absolute atomic E-state index is 12.3. The second-order valence-electron chi connectivity index (χ2n) is 3.02. The van der Waals surface area contributed by atoms with E-state index < -0.39 is 12.2 Å². The van der Waals surface area contributed by atoms with Gasteiger partial charge < -0.3 is 5.73 Å². The van der Waals surface area contributed by atoms with E-state index in [1.54, 1.807) is 19.1 Å². The molecule has 1 aromatic rings. The van der Waals surface area contributed by atoms with Crippen LogP contribution in [0.4, 0.5) is 13.2 Å². The van der Waals surface area contributed by atoms with E-state index >= 15 is 0 Å². The van der Waals surface area contributed by atoms with Crippen molar-refractivity contribution in [3.05, 3.63) is 33.8 Å². The van der Waals surface area contributed by atoms with Crippen LogP contribution in [-0.4, -0.2) is 6.18 Å². The van der Waals surface area contributed by atoms with Crippen LogP contribution < -0.4 is 5.73 Å². The quantitative estimate of drug-likeness (QED) is 0.830. The minimum atomic E-state index is -4.39. The molecule has 0 aliphatic carbocycles. The molecule has 5 heteroatoms. The van der Waals surface area contributed by atoms with Gasteiger partial charge in [0.2, 0.25) is 0 Å². The molecule has 0 unspecified atom stereocenters. The molecular weight excluding hydrogens is 259 g/mol. The van der Waals surface area contributed by atoms with Gasteiger partial charge in [-0.2, -0.15) is 13.2 Å². The molecule has 0 aliphatic rings. The summed E-state index contributed by atoms with van der Waals surface area (Å²) in [6.45, 7) is 1.60. The van der Waals surface area contributed by atoms with Gasteiger partial charge in [0, 0.05) is 4.47 Å². The average Bonchev–Trinajstić information content (AvgIpc) is 2.01. The molecule has 0 amide bonds. The number of halogens is 4. The lowest BCUT2D eigenvalue weighted by atomic mass is 10.0. The molecule has 0 bridgehead atoms. The number of hydrogen-bond acceptors (Lipinski definition) is 1. The third-order valence-electron chi connectivity index (χ3n) is 1.92. The Labute approximate surface area is 88.2 Å². The van der Waals surface area contributed by atoms with Gasteiger partial charge in [-0.05, 0) is 30.2 Å². The Kier molecular flexibility index (Phi) is 3.21. The summed E-state index contributed by atoms with van der Waals surface area (Å²) in [6, 6.07) is 2.64. The summed E-state index contributed by atoms with van der Waals surface area (Å²) in [5, 5.41) is 0. The molecule has 0 aliphatic heterocycles. The molecule has 1 aromatic carbocycles. The number of aryl methyl sites for hydroxylation is 1. The predicted molar refractivity (Wildman–Crippen MR) is 51.9 cm³/mol. The largest absolute Gasteiger partial charge is 0.407 e. The highest BCUT2D eigenvalue weighted by atomic mass is 79.9. The number of rotatable bonds is 1. The maximum atomic E-state index is 12.3. The topological polar surface area (TPSA) is 26.0 Å². The average molecular weight is 268 g/mol. The number of benzene rings is 1. The molecule has 0 heterocycles. The minimum Gasteiger partial charge on any atom is -0.316 e. The van der Waals surface area contributed by atoms with Crippen molar-refractivity contribution in [2.75, 3.05) is 0 Å². The van der Waals surface area contributed by atoms with E-state index in [2.05, 4.69) is 15.9 Å². The molecule has 0 aromatic heterocycles.